The zero-order chi connectivity index (χ0) is 13.2. The van der Waals surface area contributed by atoms with Crippen LogP contribution in [0.5, 0.6) is 0 Å². The average molecular weight is 250 g/mol. The number of fused-ring (bicyclic) bond motifs is 1. The van der Waals surface area contributed by atoms with E-state index in [0.717, 1.165) is 22.2 Å². The van der Waals surface area contributed by atoms with Crippen LogP contribution in [0.3, 0.4) is 0 Å². The molecule has 1 atom stereocenters. The Morgan fingerprint density at radius 3 is 2.47 bits per heavy atom. The summed E-state index contributed by atoms with van der Waals surface area (Å²) in [5.41, 5.74) is 4.37. The van der Waals surface area contributed by atoms with Crippen LogP contribution in [-0.4, -0.2) is 15.1 Å². The highest BCUT2D eigenvalue weighted by Gasteiger charge is 2.14. The number of aryl methyl sites for hydroxylation is 1. The van der Waals surface area contributed by atoms with Crippen molar-refractivity contribution in [1.29, 1.82) is 0 Å². The summed E-state index contributed by atoms with van der Waals surface area (Å²) in [6.45, 7) is 2.03. The summed E-state index contributed by atoms with van der Waals surface area (Å²) >= 11 is 0. The van der Waals surface area contributed by atoms with Crippen molar-refractivity contribution in [2.45, 2.75) is 13.0 Å². The van der Waals surface area contributed by atoms with Crippen molar-refractivity contribution < 1.29 is 5.11 Å². The van der Waals surface area contributed by atoms with Gasteiger partial charge in [-0.1, -0.05) is 42.0 Å². The fourth-order valence-corrected chi connectivity index (χ4v) is 2.16. The molecule has 3 nitrogen and oxygen atoms in total. The molecular formula is C16H14N2O. The number of hydrogen-bond acceptors (Lipinski definition) is 3. The molecule has 1 aromatic heterocycles. The molecular weight excluding hydrogens is 236 g/mol. The second-order valence-corrected chi connectivity index (χ2v) is 4.58. The Balaban J connectivity index is 2.11. The predicted octanol–water partition coefficient (Wildman–Crippen LogP) is 3.02. The van der Waals surface area contributed by atoms with Crippen LogP contribution >= 0.6 is 0 Å². The normalized spacial score (nSPS) is 12.5. The summed E-state index contributed by atoms with van der Waals surface area (Å²) in [6, 6.07) is 13.5. The van der Waals surface area contributed by atoms with E-state index in [9.17, 15) is 5.11 Å². The van der Waals surface area contributed by atoms with Gasteiger partial charge in [-0.2, -0.15) is 0 Å². The van der Waals surface area contributed by atoms with Gasteiger partial charge in [-0.3, -0.25) is 9.97 Å². The zero-order valence-electron chi connectivity index (χ0n) is 10.6. The first kappa shape index (κ1) is 11.8. The molecule has 0 aliphatic carbocycles. The summed E-state index contributed by atoms with van der Waals surface area (Å²) in [6.07, 6.45) is 2.62. The molecule has 2 aromatic carbocycles. The van der Waals surface area contributed by atoms with E-state index < -0.39 is 6.10 Å². The van der Waals surface area contributed by atoms with Crippen molar-refractivity contribution in [3.8, 4) is 0 Å². The van der Waals surface area contributed by atoms with Crippen LogP contribution in [0.2, 0.25) is 0 Å². The number of rotatable bonds is 2. The molecule has 3 rings (SSSR count). The van der Waals surface area contributed by atoms with Crippen LogP contribution in [0, 0.1) is 6.92 Å². The number of aromatic nitrogens is 2. The number of aliphatic hydroxyl groups is 1. The van der Waals surface area contributed by atoms with Crippen molar-refractivity contribution in [3.05, 3.63) is 71.5 Å². The molecule has 1 N–H and O–H groups in total. The van der Waals surface area contributed by atoms with E-state index >= 15 is 0 Å². The van der Waals surface area contributed by atoms with Crippen molar-refractivity contribution in [1.82, 2.24) is 9.97 Å². The fraction of sp³-hybridized carbons (Fsp3) is 0.125. The van der Waals surface area contributed by atoms with E-state index in [1.54, 1.807) is 12.4 Å². The largest absolute Gasteiger partial charge is 0.384 e. The van der Waals surface area contributed by atoms with Gasteiger partial charge >= 0.3 is 0 Å². The lowest BCUT2D eigenvalue weighted by atomic mass is 9.99. The van der Waals surface area contributed by atoms with Crippen molar-refractivity contribution in [2.75, 3.05) is 0 Å². The maximum Gasteiger partial charge on any atom is 0.106 e. The maximum atomic E-state index is 10.5. The molecule has 3 heteroatoms. The van der Waals surface area contributed by atoms with E-state index in [0.29, 0.717) is 0 Å². The topological polar surface area (TPSA) is 46.0 Å². The van der Waals surface area contributed by atoms with Gasteiger partial charge in [-0.05, 0) is 18.6 Å². The zero-order valence-corrected chi connectivity index (χ0v) is 10.6. The standard InChI is InChI=1S/C16H14N2O/c1-11-5-7-12(8-6-11)16(19)13-3-2-4-14-15(13)18-10-9-17-14/h2-10,16,19H,1H3. The Hall–Kier alpha value is -2.26. The number of benzene rings is 2. The minimum absolute atomic E-state index is 0.680. The lowest BCUT2D eigenvalue weighted by Crippen LogP contribution is -2.01. The first-order valence-corrected chi connectivity index (χ1v) is 6.20. The first-order valence-electron chi connectivity index (χ1n) is 6.20. The van der Waals surface area contributed by atoms with E-state index in [1.807, 2.05) is 49.4 Å². The number of aliphatic hydroxyl groups excluding tert-OH is 1. The van der Waals surface area contributed by atoms with Crippen LogP contribution in [0.4, 0.5) is 0 Å². The summed E-state index contributed by atoms with van der Waals surface area (Å²) in [5.74, 6) is 0. The summed E-state index contributed by atoms with van der Waals surface area (Å²) in [7, 11) is 0. The third-order valence-corrected chi connectivity index (χ3v) is 3.22. The van der Waals surface area contributed by atoms with Crippen LogP contribution in [0.25, 0.3) is 11.0 Å². The molecule has 0 spiro atoms. The lowest BCUT2D eigenvalue weighted by molar-refractivity contribution is 0.221. The number of nitrogens with zero attached hydrogens (tertiary/aromatic N) is 2. The quantitative estimate of drug-likeness (QED) is 0.760. The fourth-order valence-electron chi connectivity index (χ4n) is 2.16. The SMILES string of the molecule is Cc1ccc(C(O)c2cccc3nccnc23)cc1. The molecule has 0 aliphatic heterocycles. The molecule has 94 valence electrons. The van der Waals surface area contributed by atoms with Gasteiger partial charge in [0.1, 0.15) is 6.10 Å². The molecule has 0 bridgehead atoms. The maximum absolute atomic E-state index is 10.5. The summed E-state index contributed by atoms with van der Waals surface area (Å²) in [5, 5.41) is 10.5. The highest BCUT2D eigenvalue weighted by Crippen LogP contribution is 2.26. The van der Waals surface area contributed by atoms with Crippen molar-refractivity contribution >= 4 is 11.0 Å². The van der Waals surface area contributed by atoms with Crippen LogP contribution in [0.15, 0.2) is 54.9 Å². The first-order chi connectivity index (χ1) is 9.25. The van der Waals surface area contributed by atoms with Gasteiger partial charge in [-0.25, -0.2) is 0 Å². The van der Waals surface area contributed by atoms with E-state index in [1.165, 1.54) is 5.56 Å². The van der Waals surface area contributed by atoms with Gasteiger partial charge in [0.25, 0.3) is 0 Å². The molecule has 0 saturated carbocycles. The van der Waals surface area contributed by atoms with Crippen LogP contribution in [0.1, 0.15) is 22.8 Å². The molecule has 0 fully saturated rings. The molecule has 0 saturated heterocycles. The molecule has 19 heavy (non-hydrogen) atoms. The highest BCUT2D eigenvalue weighted by atomic mass is 16.3. The summed E-state index contributed by atoms with van der Waals surface area (Å²) < 4.78 is 0. The Bertz CT molecular complexity index is 702. The van der Waals surface area contributed by atoms with Gasteiger partial charge in [0.2, 0.25) is 0 Å². The van der Waals surface area contributed by atoms with Gasteiger partial charge in [-0.15, -0.1) is 0 Å². The minimum atomic E-state index is -0.680. The molecule has 1 unspecified atom stereocenters. The highest BCUT2D eigenvalue weighted by molar-refractivity contribution is 5.78. The Morgan fingerprint density at radius 1 is 0.947 bits per heavy atom. The molecule has 0 amide bonds. The molecule has 1 heterocycles. The second kappa shape index (κ2) is 4.78. The molecule has 0 aliphatic rings. The monoisotopic (exact) mass is 250 g/mol. The predicted molar refractivity (Wildman–Crippen MR) is 74.8 cm³/mol. The average Bonchev–Trinajstić information content (AvgIpc) is 2.47. The second-order valence-electron chi connectivity index (χ2n) is 4.58. The third-order valence-electron chi connectivity index (χ3n) is 3.22. The van der Waals surface area contributed by atoms with Crippen LogP contribution in [-0.2, 0) is 0 Å². The lowest BCUT2D eigenvalue weighted by Gasteiger charge is -2.13. The number of para-hydroxylation sites is 1. The van der Waals surface area contributed by atoms with Crippen molar-refractivity contribution in [3.63, 3.8) is 0 Å². The Kier molecular flexibility index (Phi) is 2.97. The summed E-state index contributed by atoms with van der Waals surface area (Å²) in [4.78, 5) is 8.58. The number of hydrogen-bond donors (Lipinski definition) is 1. The van der Waals surface area contributed by atoms with E-state index in [2.05, 4.69) is 9.97 Å². The van der Waals surface area contributed by atoms with E-state index in [-0.39, 0.29) is 0 Å². The van der Waals surface area contributed by atoms with Gasteiger partial charge in [0.05, 0.1) is 11.0 Å². The smallest absolute Gasteiger partial charge is 0.106 e. The minimum Gasteiger partial charge on any atom is -0.384 e. The Morgan fingerprint density at radius 2 is 1.68 bits per heavy atom. The molecule has 0 radical (unpaired) electrons. The van der Waals surface area contributed by atoms with Crippen molar-refractivity contribution in [2.24, 2.45) is 0 Å². The van der Waals surface area contributed by atoms with Gasteiger partial charge < -0.3 is 5.11 Å². The third kappa shape index (κ3) is 2.20. The van der Waals surface area contributed by atoms with Gasteiger partial charge in [0.15, 0.2) is 0 Å². The molecule has 3 aromatic rings. The van der Waals surface area contributed by atoms with Crippen LogP contribution < -0.4 is 0 Å². The van der Waals surface area contributed by atoms with Gasteiger partial charge in [0, 0.05) is 18.0 Å². The van der Waals surface area contributed by atoms with E-state index in [4.69, 9.17) is 0 Å². The Labute approximate surface area is 111 Å².